The van der Waals surface area contributed by atoms with Crippen molar-refractivity contribution >= 4 is 45.4 Å². The molecular formula is C24H22N4O5S. The Labute approximate surface area is 199 Å². The summed E-state index contributed by atoms with van der Waals surface area (Å²) in [5, 5.41) is 12.9. The lowest BCUT2D eigenvalue weighted by atomic mass is 10.1. The Hall–Kier alpha value is -4.05. The van der Waals surface area contributed by atoms with Gasteiger partial charge < -0.3 is 14.8 Å². The molecule has 0 unspecified atom stereocenters. The molecule has 0 atom stereocenters. The Kier molecular flexibility index (Phi) is 6.98. The summed E-state index contributed by atoms with van der Waals surface area (Å²) in [7, 11) is 0. The first-order valence-corrected chi connectivity index (χ1v) is 11.6. The summed E-state index contributed by atoms with van der Waals surface area (Å²) in [5.41, 5.74) is 0.884. The Morgan fingerprint density at radius 3 is 2.68 bits per heavy atom. The highest BCUT2D eigenvalue weighted by molar-refractivity contribution is 7.08. The van der Waals surface area contributed by atoms with E-state index in [1.54, 1.807) is 32.3 Å². The van der Waals surface area contributed by atoms with Crippen LogP contribution in [0.3, 0.4) is 0 Å². The van der Waals surface area contributed by atoms with Crippen molar-refractivity contribution in [1.29, 1.82) is 0 Å². The molecule has 174 valence electrons. The van der Waals surface area contributed by atoms with Gasteiger partial charge in [0.15, 0.2) is 6.61 Å². The predicted molar refractivity (Wildman–Crippen MR) is 129 cm³/mol. The summed E-state index contributed by atoms with van der Waals surface area (Å²) in [6, 6.07) is 9.34. The van der Waals surface area contributed by atoms with Gasteiger partial charge in [-0.25, -0.2) is 14.3 Å². The molecule has 0 saturated heterocycles. The highest BCUT2D eigenvalue weighted by Crippen LogP contribution is 2.31. The van der Waals surface area contributed by atoms with E-state index in [9.17, 15) is 14.4 Å². The molecule has 34 heavy (non-hydrogen) atoms. The summed E-state index contributed by atoms with van der Waals surface area (Å²) < 4.78 is 11.3. The van der Waals surface area contributed by atoms with Crippen LogP contribution in [0.2, 0.25) is 0 Å². The zero-order valence-corrected chi connectivity index (χ0v) is 19.4. The third-order valence-corrected chi connectivity index (χ3v) is 5.69. The number of nitrogens with zero attached hydrogens (tertiary/aromatic N) is 3. The highest BCUT2D eigenvalue weighted by Gasteiger charge is 2.27. The van der Waals surface area contributed by atoms with Gasteiger partial charge >= 0.3 is 11.9 Å². The Morgan fingerprint density at radius 1 is 1.12 bits per heavy atom. The van der Waals surface area contributed by atoms with Crippen LogP contribution in [0.4, 0.5) is 11.4 Å². The standard InChI is InChI=1S/C24H22N4O5S/c1-3-28-23(30)22(26-18-12-25-11-15-7-5-6-8-17(15)18)20(21(27-28)16-9-10-34-14-16)24(31)33-13-19(29)32-4-2/h5-12,14,26H,3-4,13H2,1-2H3. The van der Waals surface area contributed by atoms with Crippen molar-refractivity contribution in [2.45, 2.75) is 20.4 Å². The zero-order chi connectivity index (χ0) is 24.1. The molecule has 0 saturated carbocycles. The lowest BCUT2D eigenvalue weighted by Gasteiger charge is -2.17. The summed E-state index contributed by atoms with van der Waals surface area (Å²) >= 11 is 1.43. The van der Waals surface area contributed by atoms with Crippen LogP contribution in [0, 0.1) is 0 Å². The second kappa shape index (κ2) is 10.3. The van der Waals surface area contributed by atoms with Crippen molar-refractivity contribution in [3.8, 4) is 11.3 Å². The number of rotatable bonds is 8. The first kappa shape index (κ1) is 23.1. The first-order valence-electron chi connectivity index (χ1n) is 10.6. The Balaban J connectivity index is 1.88. The molecule has 4 rings (SSSR count). The molecule has 0 aliphatic heterocycles. The maximum Gasteiger partial charge on any atom is 0.344 e. The summed E-state index contributed by atoms with van der Waals surface area (Å²) in [5.74, 6) is -1.55. The molecule has 0 aliphatic rings. The van der Waals surface area contributed by atoms with Crippen LogP contribution in [0.15, 0.2) is 58.3 Å². The van der Waals surface area contributed by atoms with Crippen molar-refractivity contribution in [3.63, 3.8) is 0 Å². The van der Waals surface area contributed by atoms with Crippen LogP contribution < -0.4 is 10.9 Å². The van der Waals surface area contributed by atoms with Gasteiger partial charge in [-0.05, 0) is 25.3 Å². The van der Waals surface area contributed by atoms with E-state index in [-0.39, 0.29) is 30.1 Å². The number of hydrogen-bond acceptors (Lipinski definition) is 9. The van der Waals surface area contributed by atoms with Gasteiger partial charge in [0.25, 0.3) is 5.56 Å². The van der Waals surface area contributed by atoms with E-state index in [0.717, 1.165) is 10.8 Å². The van der Waals surface area contributed by atoms with Crippen LogP contribution in [0.5, 0.6) is 0 Å². The topological polar surface area (TPSA) is 112 Å². The normalized spacial score (nSPS) is 10.8. The number of carbonyl (C=O) groups is 2. The minimum absolute atomic E-state index is 0.00920. The van der Waals surface area contributed by atoms with Gasteiger partial charge in [0, 0.05) is 34.5 Å². The number of hydrogen-bond donors (Lipinski definition) is 1. The number of carbonyl (C=O) groups excluding carboxylic acids is 2. The van der Waals surface area contributed by atoms with Gasteiger partial charge in [-0.1, -0.05) is 24.3 Å². The molecule has 0 aliphatic carbocycles. The third kappa shape index (κ3) is 4.67. The fourth-order valence-electron chi connectivity index (χ4n) is 3.45. The minimum Gasteiger partial charge on any atom is -0.463 e. The third-order valence-electron chi connectivity index (χ3n) is 5.01. The highest BCUT2D eigenvalue weighted by atomic mass is 32.1. The molecule has 3 aromatic heterocycles. The number of anilines is 2. The van der Waals surface area contributed by atoms with E-state index in [2.05, 4.69) is 15.4 Å². The maximum absolute atomic E-state index is 13.3. The average molecular weight is 479 g/mol. The second-order valence-electron chi connectivity index (χ2n) is 7.15. The zero-order valence-electron chi connectivity index (χ0n) is 18.6. The number of esters is 2. The van der Waals surface area contributed by atoms with E-state index < -0.39 is 24.1 Å². The number of nitrogens with one attached hydrogen (secondary N) is 1. The summed E-state index contributed by atoms with van der Waals surface area (Å²) in [6.07, 6.45) is 3.29. The van der Waals surface area contributed by atoms with Crippen molar-refractivity contribution in [2.24, 2.45) is 0 Å². The van der Waals surface area contributed by atoms with Crippen LogP contribution in [-0.4, -0.2) is 39.9 Å². The molecule has 9 nitrogen and oxygen atoms in total. The molecule has 1 aromatic carbocycles. The van der Waals surface area contributed by atoms with E-state index in [1.807, 2.05) is 35.0 Å². The monoisotopic (exact) mass is 478 g/mol. The maximum atomic E-state index is 13.3. The number of ether oxygens (including phenoxy) is 2. The quantitative estimate of drug-likeness (QED) is 0.378. The lowest BCUT2D eigenvalue weighted by Crippen LogP contribution is -2.29. The molecule has 0 spiro atoms. The van der Waals surface area contributed by atoms with E-state index >= 15 is 0 Å². The summed E-state index contributed by atoms with van der Waals surface area (Å²) in [4.78, 5) is 42.6. The first-order chi connectivity index (χ1) is 16.5. The molecule has 10 heteroatoms. The van der Waals surface area contributed by atoms with Crippen LogP contribution in [0.25, 0.3) is 22.0 Å². The van der Waals surface area contributed by atoms with E-state index in [0.29, 0.717) is 11.3 Å². The van der Waals surface area contributed by atoms with Gasteiger partial charge in [-0.2, -0.15) is 16.4 Å². The molecule has 0 fully saturated rings. The molecule has 3 heterocycles. The molecule has 0 radical (unpaired) electrons. The summed E-state index contributed by atoms with van der Waals surface area (Å²) in [6.45, 7) is 3.31. The second-order valence-corrected chi connectivity index (χ2v) is 7.93. The van der Waals surface area contributed by atoms with Crippen molar-refractivity contribution in [3.05, 3.63) is 69.4 Å². The smallest absolute Gasteiger partial charge is 0.344 e. The van der Waals surface area contributed by atoms with Crippen molar-refractivity contribution in [1.82, 2.24) is 14.8 Å². The fourth-order valence-corrected chi connectivity index (χ4v) is 4.09. The Bertz CT molecular complexity index is 1390. The SMILES string of the molecule is CCOC(=O)COC(=O)c1c(-c2ccsc2)nn(CC)c(=O)c1Nc1cncc2ccccc12. The number of fused-ring (bicyclic) bond motifs is 1. The lowest BCUT2D eigenvalue weighted by molar-refractivity contribution is -0.146. The number of benzene rings is 1. The van der Waals surface area contributed by atoms with Gasteiger partial charge in [-0.15, -0.1) is 0 Å². The van der Waals surface area contributed by atoms with Crippen molar-refractivity contribution < 1.29 is 19.1 Å². The van der Waals surface area contributed by atoms with Crippen LogP contribution >= 0.6 is 11.3 Å². The molecule has 1 N–H and O–H groups in total. The molecule has 0 bridgehead atoms. The average Bonchev–Trinajstić information content (AvgIpc) is 3.39. The van der Waals surface area contributed by atoms with Gasteiger partial charge in [0.05, 0.1) is 18.5 Å². The predicted octanol–water partition coefficient (Wildman–Crippen LogP) is 4.00. The number of aromatic nitrogens is 3. The fraction of sp³-hybridized carbons (Fsp3) is 0.208. The van der Waals surface area contributed by atoms with Gasteiger partial charge in [0.2, 0.25) is 0 Å². The molecule has 4 aromatic rings. The molecular weight excluding hydrogens is 456 g/mol. The van der Waals surface area contributed by atoms with Crippen LogP contribution in [0.1, 0.15) is 24.2 Å². The van der Waals surface area contributed by atoms with Crippen molar-refractivity contribution in [2.75, 3.05) is 18.5 Å². The number of aryl methyl sites for hydroxylation is 1. The van der Waals surface area contributed by atoms with E-state index in [1.165, 1.54) is 16.0 Å². The number of thiophene rings is 1. The van der Waals surface area contributed by atoms with Gasteiger partial charge in [-0.3, -0.25) is 9.78 Å². The minimum atomic E-state index is -0.863. The Morgan fingerprint density at radius 2 is 1.94 bits per heavy atom. The number of pyridine rings is 1. The van der Waals surface area contributed by atoms with Gasteiger partial charge in [0.1, 0.15) is 16.9 Å². The van der Waals surface area contributed by atoms with E-state index in [4.69, 9.17) is 9.47 Å². The largest absolute Gasteiger partial charge is 0.463 e. The van der Waals surface area contributed by atoms with Crippen LogP contribution in [-0.2, 0) is 20.8 Å². The molecule has 0 amide bonds.